The Kier molecular flexibility index (Phi) is 4.51. The first kappa shape index (κ1) is 14.8. The Morgan fingerprint density at radius 1 is 1.21 bits per heavy atom. The first-order valence-corrected chi connectivity index (χ1v) is 7.72. The van der Waals surface area contributed by atoms with Crippen LogP contribution in [0.5, 0.6) is 0 Å². The number of aliphatic hydroxyl groups is 1. The molecule has 0 spiro atoms. The van der Waals surface area contributed by atoms with Gasteiger partial charge in [0.15, 0.2) is 0 Å². The lowest BCUT2D eigenvalue weighted by molar-refractivity contribution is -0.128. The molecule has 2 fully saturated rings. The maximum Gasteiger partial charge on any atom is 0.240 e. The van der Waals surface area contributed by atoms with Crippen LogP contribution in [0.1, 0.15) is 64.7 Å². The fourth-order valence-electron chi connectivity index (χ4n) is 3.46. The van der Waals surface area contributed by atoms with E-state index < -0.39 is 5.54 Å². The zero-order valence-corrected chi connectivity index (χ0v) is 12.1. The van der Waals surface area contributed by atoms with E-state index in [1.807, 2.05) is 0 Å². The van der Waals surface area contributed by atoms with Gasteiger partial charge in [-0.15, -0.1) is 0 Å². The molecule has 0 aromatic carbocycles. The maximum absolute atomic E-state index is 12.3. The van der Waals surface area contributed by atoms with Gasteiger partial charge < -0.3 is 16.2 Å². The molecular weight excluding hydrogens is 240 g/mol. The maximum atomic E-state index is 12.3. The smallest absolute Gasteiger partial charge is 0.240 e. The van der Waals surface area contributed by atoms with Gasteiger partial charge in [-0.05, 0) is 25.7 Å². The van der Waals surface area contributed by atoms with Crippen LogP contribution in [-0.4, -0.2) is 29.2 Å². The Balaban J connectivity index is 1.88. The van der Waals surface area contributed by atoms with Crippen LogP contribution in [0.4, 0.5) is 0 Å². The predicted molar refractivity (Wildman–Crippen MR) is 75.6 cm³/mol. The molecule has 2 aliphatic carbocycles. The second-order valence-electron chi connectivity index (χ2n) is 6.82. The average Bonchev–Trinajstić information content (AvgIpc) is 2.41. The molecule has 2 unspecified atom stereocenters. The molecule has 0 aliphatic heterocycles. The second-order valence-corrected chi connectivity index (χ2v) is 6.82. The van der Waals surface area contributed by atoms with Crippen molar-refractivity contribution in [1.82, 2.24) is 5.32 Å². The molecule has 0 radical (unpaired) electrons. The highest BCUT2D eigenvalue weighted by atomic mass is 16.3. The van der Waals surface area contributed by atoms with Gasteiger partial charge in [-0.3, -0.25) is 4.79 Å². The Morgan fingerprint density at radius 3 is 2.47 bits per heavy atom. The first-order valence-electron chi connectivity index (χ1n) is 7.72. The average molecular weight is 268 g/mol. The third kappa shape index (κ3) is 3.29. The van der Waals surface area contributed by atoms with Crippen molar-refractivity contribution in [2.45, 2.75) is 76.4 Å². The third-order valence-corrected chi connectivity index (χ3v) is 5.13. The van der Waals surface area contributed by atoms with Crippen molar-refractivity contribution in [2.75, 3.05) is 6.54 Å². The van der Waals surface area contributed by atoms with E-state index in [4.69, 9.17) is 5.73 Å². The van der Waals surface area contributed by atoms with Crippen LogP contribution < -0.4 is 11.1 Å². The van der Waals surface area contributed by atoms with Gasteiger partial charge in [0.25, 0.3) is 0 Å². The number of amides is 1. The standard InChI is InChI=1S/C15H28N2O2/c1-14(8-6-3-7-12(14)18)11-17-13(19)15(16)9-4-2-5-10-15/h12,18H,2-11,16H2,1H3,(H,17,19). The van der Waals surface area contributed by atoms with Gasteiger partial charge in [-0.25, -0.2) is 0 Å². The Morgan fingerprint density at radius 2 is 1.84 bits per heavy atom. The molecule has 0 aromatic rings. The molecule has 4 nitrogen and oxygen atoms in total. The van der Waals surface area contributed by atoms with Crippen molar-refractivity contribution in [3.8, 4) is 0 Å². The summed E-state index contributed by atoms with van der Waals surface area (Å²) in [5, 5.41) is 13.1. The summed E-state index contributed by atoms with van der Waals surface area (Å²) in [6, 6.07) is 0. The summed E-state index contributed by atoms with van der Waals surface area (Å²) in [5.74, 6) is -0.0220. The zero-order valence-electron chi connectivity index (χ0n) is 12.1. The van der Waals surface area contributed by atoms with Crippen molar-refractivity contribution >= 4 is 5.91 Å². The van der Waals surface area contributed by atoms with Crippen LogP contribution in [0.2, 0.25) is 0 Å². The van der Waals surface area contributed by atoms with Gasteiger partial charge in [-0.1, -0.05) is 39.0 Å². The van der Waals surface area contributed by atoms with E-state index in [1.54, 1.807) is 0 Å². The van der Waals surface area contributed by atoms with E-state index in [0.29, 0.717) is 6.54 Å². The molecular formula is C15H28N2O2. The summed E-state index contributed by atoms with van der Waals surface area (Å²) in [5.41, 5.74) is 5.37. The van der Waals surface area contributed by atoms with Gasteiger partial charge in [0, 0.05) is 12.0 Å². The number of hydrogen-bond donors (Lipinski definition) is 3. The van der Waals surface area contributed by atoms with Gasteiger partial charge in [0.1, 0.15) is 0 Å². The molecule has 110 valence electrons. The Hall–Kier alpha value is -0.610. The third-order valence-electron chi connectivity index (χ3n) is 5.13. The number of nitrogens with two attached hydrogens (primary N) is 1. The van der Waals surface area contributed by atoms with Crippen LogP contribution in [0.15, 0.2) is 0 Å². The van der Waals surface area contributed by atoms with E-state index in [0.717, 1.165) is 51.4 Å². The lowest BCUT2D eigenvalue weighted by Crippen LogP contribution is -2.57. The molecule has 2 aliphatic rings. The number of hydrogen-bond acceptors (Lipinski definition) is 3. The highest BCUT2D eigenvalue weighted by molar-refractivity contribution is 5.86. The predicted octanol–water partition coefficient (Wildman–Crippen LogP) is 1.71. The molecule has 0 heterocycles. The Bertz CT molecular complexity index is 326. The zero-order chi connectivity index (χ0) is 13.9. The van der Waals surface area contributed by atoms with E-state index in [2.05, 4.69) is 12.2 Å². The van der Waals surface area contributed by atoms with E-state index in [9.17, 15) is 9.90 Å². The van der Waals surface area contributed by atoms with Gasteiger partial charge >= 0.3 is 0 Å². The van der Waals surface area contributed by atoms with Crippen LogP contribution >= 0.6 is 0 Å². The van der Waals surface area contributed by atoms with Gasteiger partial charge in [-0.2, -0.15) is 0 Å². The van der Waals surface area contributed by atoms with Crippen molar-refractivity contribution in [1.29, 1.82) is 0 Å². The summed E-state index contributed by atoms with van der Waals surface area (Å²) in [7, 11) is 0. The SMILES string of the molecule is CC1(CNC(=O)C2(N)CCCCC2)CCCCC1O. The fraction of sp³-hybridized carbons (Fsp3) is 0.933. The van der Waals surface area contributed by atoms with Crippen molar-refractivity contribution in [3.05, 3.63) is 0 Å². The lowest BCUT2D eigenvalue weighted by atomic mass is 9.73. The molecule has 0 aromatic heterocycles. The van der Waals surface area contributed by atoms with Crippen LogP contribution in [0.3, 0.4) is 0 Å². The summed E-state index contributed by atoms with van der Waals surface area (Å²) < 4.78 is 0. The van der Waals surface area contributed by atoms with E-state index >= 15 is 0 Å². The highest BCUT2D eigenvalue weighted by Gasteiger charge is 2.39. The van der Waals surface area contributed by atoms with Gasteiger partial charge in [0.05, 0.1) is 11.6 Å². The highest BCUT2D eigenvalue weighted by Crippen LogP contribution is 2.35. The molecule has 19 heavy (non-hydrogen) atoms. The normalized spacial score (nSPS) is 34.8. The van der Waals surface area contributed by atoms with Crippen LogP contribution in [0.25, 0.3) is 0 Å². The summed E-state index contributed by atoms with van der Waals surface area (Å²) in [4.78, 5) is 12.3. The van der Waals surface area contributed by atoms with Crippen molar-refractivity contribution in [3.63, 3.8) is 0 Å². The van der Waals surface area contributed by atoms with E-state index in [1.165, 1.54) is 6.42 Å². The van der Waals surface area contributed by atoms with Crippen molar-refractivity contribution in [2.24, 2.45) is 11.1 Å². The summed E-state index contributed by atoms with van der Waals surface area (Å²) >= 11 is 0. The number of nitrogens with one attached hydrogen (secondary N) is 1. The molecule has 0 bridgehead atoms. The molecule has 0 saturated heterocycles. The molecule has 1 amide bonds. The first-order chi connectivity index (χ1) is 8.96. The van der Waals surface area contributed by atoms with Crippen molar-refractivity contribution < 1.29 is 9.90 Å². The molecule has 2 atom stereocenters. The Labute approximate surface area is 116 Å². The quantitative estimate of drug-likeness (QED) is 0.729. The fourth-order valence-corrected chi connectivity index (χ4v) is 3.46. The lowest BCUT2D eigenvalue weighted by Gasteiger charge is -2.40. The second kappa shape index (κ2) is 5.80. The van der Waals surface area contributed by atoms with Crippen LogP contribution in [-0.2, 0) is 4.79 Å². The summed E-state index contributed by atoms with van der Waals surface area (Å²) in [6.07, 6.45) is 8.60. The molecule has 4 N–H and O–H groups in total. The minimum Gasteiger partial charge on any atom is -0.392 e. The number of carbonyl (C=O) groups excluding carboxylic acids is 1. The number of rotatable bonds is 3. The summed E-state index contributed by atoms with van der Waals surface area (Å²) in [6.45, 7) is 2.62. The topological polar surface area (TPSA) is 75.4 Å². The van der Waals surface area contributed by atoms with Crippen LogP contribution in [0, 0.1) is 5.41 Å². The monoisotopic (exact) mass is 268 g/mol. The molecule has 2 saturated carbocycles. The van der Waals surface area contributed by atoms with Gasteiger partial charge in [0.2, 0.25) is 5.91 Å². The van der Waals surface area contributed by atoms with E-state index in [-0.39, 0.29) is 17.4 Å². The minimum absolute atomic E-state index is 0.0220. The molecule has 4 heteroatoms. The minimum atomic E-state index is -0.672. The largest absolute Gasteiger partial charge is 0.392 e. The number of aliphatic hydroxyl groups excluding tert-OH is 1. The number of carbonyl (C=O) groups is 1. The molecule has 2 rings (SSSR count).